The third kappa shape index (κ3) is 5.62. The Morgan fingerprint density at radius 2 is 1.77 bits per heavy atom. The number of benzene rings is 2. The smallest absolute Gasteiger partial charge is 0.240 e. The Balaban J connectivity index is 1.11. The van der Waals surface area contributed by atoms with Crippen molar-refractivity contribution in [1.29, 1.82) is 0 Å². The molecule has 2 bridgehead atoms. The molecule has 2 aromatic carbocycles. The van der Waals surface area contributed by atoms with Crippen LogP contribution in [0.5, 0.6) is 5.75 Å². The van der Waals surface area contributed by atoms with Crippen molar-refractivity contribution in [2.24, 2.45) is 11.8 Å². The minimum atomic E-state index is -3.52. The van der Waals surface area contributed by atoms with Crippen LogP contribution in [-0.2, 0) is 10.0 Å². The summed E-state index contributed by atoms with van der Waals surface area (Å²) in [7, 11) is -1.79. The normalized spacial score (nSPS) is 27.2. The molecule has 190 valence electrons. The van der Waals surface area contributed by atoms with E-state index in [0.717, 1.165) is 58.0 Å². The highest BCUT2D eigenvalue weighted by atomic mass is 35.5. The number of methoxy groups -OCH3 is 1. The summed E-state index contributed by atoms with van der Waals surface area (Å²) in [4.78, 5) is 7.80. The predicted octanol–water partition coefficient (Wildman–Crippen LogP) is 3.16. The molecule has 7 nitrogen and oxygen atoms in total. The second-order valence-corrected chi connectivity index (χ2v) is 12.2. The molecule has 9 heteroatoms. The maximum Gasteiger partial charge on any atom is 0.240 e. The minimum Gasteiger partial charge on any atom is -0.495 e. The largest absolute Gasteiger partial charge is 0.495 e. The van der Waals surface area contributed by atoms with Gasteiger partial charge in [-0.2, -0.15) is 0 Å². The zero-order valence-corrected chi connectivity index (χ0v) is 21.8. The lowest BCUT2D eigenvalue weighted by atomic mass is 9.75. The van der Waals surface area contributed by atoms with Gasteiger partial charge in [0.15, 0.2) is 0 Å². The van der Waals surface area contributed by atoms with Gasteiger partial charge in [0.1, 0.15) is 5.75 Å². The summed E-state index contributed by atoms with van der Waals surface area (Å²) in [6, 6.07) is 14.9. The van der Waals surface area contributed by atoms with Crippen LogP contribution in [0.4, 0.5) is 5.69 Å². The summed E-state index contributed by atoms with van der Waals surface area (Å²) in [6.45, 7) is 7.86. The summed E-state index contributed by atoms with van der Waals surface area (Å²) < 4.78 is 33.8. The third-order valence-electron chi connectivity index (χ3n) is 7.94. The Kier molecular flexibility index (Phi) is 7.55. The van der Waals surface area contributed by atoms with E-state index in [1.165, 1.54) is 12.1 Å². The number of hydrogen-bond donors (Lipinski definition) is 1. The summed E-state index contributed by atoms with van der Waals surface area (Å²) in [5.74, 6) is 2.26. The van der Waals surface area contributed by atoms with Crippen LogP contribution in [0.2, 0.25) is 5.02 Å². The third-order valence-corrected chi connectivity index (χ3v) is 9.63. The molecule has 0 radical (unpaired) electrons. The number of fused-ring (bicyclic) bond motifs is 3. The van der Waals surface area contributed by atoms with Crippen LogP contribution < -0.4 is 14.4 Å². The fourth-order valence-corrected chi connectivity index (χ4v) is 7.16. The van der Waals surface area contributed by atoms with Crippen molar-refractivity contribution < 1.29 is 13.2 Å². The summed E-state index contributed by atoms with van der Waals surface area (Å²) in [5.41, 5.74) is 1.18. The lowest BCUT2D eigenvalue weighted by Crippen LogP contribution is -2.59. The highest BCUT2D eigenvalue weighted by molar-refractivity contribution is 7.89. The predicted molar refractivity (Wildman–Crippen MR) is 140 cm³/mol. The second kappa shape index (κ2) is 10.6. The van der Waals surface area contributed by atoms with Gasteiger partial charge in [-0.05, 0) is 67.6 Å². The second-order valence-electron chi connectivity index (χ2n) is 9.96. The first kappa shape index (κ1) is 24.8. The number of piperazine rings is 1. The molecule has 35 heavy (non-hydrogen) atoms. The molecule has 4 unspecified atom stereocenters. The van der Waals surface area contributed by atoms with Crippen LogP contribution in [-0.4, -0.2) is 83.7 Å². The van der Waals surface area contributed by atoms with Crippen molar-refractivity contribution in [3.63, 3.8) is 0 Å². The molecule has 4 atom stereocenters. The molecule has 4 saturated heterocycles. The lowest BCUT2D eigenvalue weighted by molar-refractivity contribution is -0.0107. The van der Waals surface area contributed by atoms with E-state index in [1.54, 1.807) is 31.4 Å². The Bertz CT molecular complexity index is 1110. The van der Waals surface area contributed by atoms with Gasteiger partial charge in [-0.3, -0.25) is 9.80 Å². The van der Waals surface area contributed by atoms with E-state index in [4.69, 9.17) is 16.3 Å². The van der Waals surface area contributed by atoms with Crippen molar-refractivity contribution in [1.82, 2.24) is 14.5 Å². The van der Waals surface area contributed by atoms with Crippen LogP contribution in [0.15, 0.2) is 53.4 Å². The van der Waals surface area contributed by atoms with E-state index in [1.807, 2.05) is 12.1 Å². The lowest BCUT2D eigenvalue weighted by Gasteiger charge is -2.51. The van der Waals surface area contributed by atoms with E-state index in [-0.39, 0.29) is 10.9 Å². The maximum atomic E-state index is 12.7. The molecule has 1 N–H and O–H groups in total. The van der Waals surface area contributed by atoms with E-state index in [0.29, 0.717) is 23.4 Å². The number of hydrogen-bond acceptors (Lipinski definition) is 6. The molecule has 4 aliphatic rings. The van der Waals surface area contributed by atoms with E-state index < -0.39 is 10.0 Å². The fourth-order valence-electron chi connectivity index (χ4n) is 5.97. The van der Waals surface area contributed by atoms with Gasteiger partial charge in [0.25, 0.3) is 0 Å². The topological polar surface area (TPSA) is 65.1 Å². The standard InChI is InChI=1S/C26H35ClN4O3S/c1-34-26-5-3-2-4-25(26)30-14-12-29(13-15-30)18-21-19-31-11-10-20(21)16-23(31)17-28-35(32,33)24-8-6-22(27)7-9-24/h2-9,20-21,23,28H,10-19H2,1H3. The Morgan fingerprint density at radius 1 is 1.03 bits per heavy atom. The summed E-state index contributed by atoms with van der Waals surface area (Å²) in [6.07, 6.45) is 2.28. The summed E-state index contributed by atoms with van der Waals surface area (Å²) >= 11 is 5.90. The van der Waals surface area contributed by atoms with Crippen molar-refractivity contribution in [2.75, 3.05) is 64.4 Å². The highest BCUT2D eigenvalue weighted by Crippen LogP contribution is 2.37. The molecule has 0 amide bonds. The van der Waals surface area contributed by atoms with Crippen LogP contribution in [0.1, 0.15) is 12.8 Å². The van der Waals surface area contributed by atoms with Gasteiger partial charge in [0.2, 0.25) is 10.0 Å². The van der Waals surface area contributed by atoms with Crippen molar-refractivity contribution in [3.05, 3.63) is 53.6 Å². The Hall–Kier alpha value is -1.84. The molecule has 0 spiro atoms. The fraction of sp³-hybridized carbons (Fsp3) is 0.538. The number of halogens is 1. The average molecular weight is 519 g/mol. The van der Waals surface area contributed by atoms with Crippen LogP contribution in [0.25, 0.3) is 0 Å². The van der Waals surface area contributed by atoms with Gasteiger partial charge in [-0.25, -0.2) is 13.1 Å². The molecule has 0 aromatic heterocycles. The zero-order valence-electron chi connectivity index (χ0n) is 20.3. The van der Waals surface area contributed by atoms with E-state index in [2.05, 4.69) is 31.6 Å². The maximum absolute atomic E-state index is 12.7. The molecule has 6 rings (SSSR count). The molecule has 0 saturated carbocycles. The monoisotopic (exact) mass is 518 g/mol. The number of piperidine rings is 3. The number of ether oxygens (including phenoxy) is 1. The van der Waals surface area contributed by atoms with Crippen LogP contribution in [0, 0.1) is 11.8 Å². The minimum absolute atomic E-state index is 0.267. The van der Waals surface area contributed by atoms with Crippen molar-refractivity contribution in [3.8, 4) is 5.75 Å². The first-order valence-electron chi connectivity index (χ1n) is 12.5. The number of sulfonamides is 1. The van der Waals surface area contributed by atoms with Gasteiger partial charge < -0.3 is 9.64 Å². The SMILES string of the molecule is COc1ccccc1N1CCN(CC2CN3CCC2CC3CNS(=O)(=O)c2ccc(Cl)cc2)CC1. The first-order chi connectivity index (χ1) is 16.9. The number of rotatable bonds is 8. The quantitative estimate of drug-likeness (QED) is 0.579. The zero-order chi connectivity index (χ0) is 24.4. The van der Waals surface area contributed by atoms with Crippen LogP contribution in [0.3, 0.4) is 0 Å². The summed E-state index contributed by atoms with van der Waals surface area (Å²) in [5, 5.41) is 0.534. The van der Waals surface area contributed by atoms with Gasteiger partial charge in [0, 0.05) is 56.9 Å². The van der Waals surface area contributed by atoms with Crippen LogP contribution >= 0.6 is 11.6 Å². The highest BCUT2D eigenvalue weighted by Gasteiger charge is 2.41. The van der Waals surface area contributed by atoms with E-state index in [9.17, 15) is 8.42 Å². The van der Waals surface area contributed by atoms with Gasteiger partial charge in [-0.15, -0.1) is 0 Å². The number of para-hydroxylation sites is 2. The van der Waals surface area contributed by atoms with E-state index >= 15 is 0 Å². The molecule has 4 aliphatic heterocycles. The Labute approximate surface area is 214 Å². The number of nitrogens with one attached hydrogen (secondary N) is 1. The van der Waals surface area contributed by atoms with Crippen molar-refractivity contribution in [2.45, 2.75) is 23.8 Å². The number of nitrogens with zero attached hydrogens (tertiary/aromatic N) is 3. The van der Waals surface area contributed by atoms with Crippen molar-refractivity contribution >= 4 is 27.3 Å². The molecular weight excluding hydrogens is 484 g/mol. The average Bonchev–Trinajstić information content (AvgIpc) is 2.89. The molecule has 4 fully saturated rings. The Morgan fingerprint density at radius 3 is 2.46 bits per heavy atom. The molecule has 0 aliphatic carbocycles. The molecular formula is C26H35ClN4O3S. The molecule has 4 heterocycles. The van der Waals surface area contributed by atoms with Gasteiger partial charge >= 0.3 is 0 Å². The first-order valence-corrected chi connectivity index (χ1v) is 14.4. The number of anilines is 1. The van der Waals surface area contributed by atoms with Gasteiger partial charge in [0.05, 0.1) is 17.7 Å². The molecule has 2 aromatic rings. The van der Waals surface area contributed by atoms with Gasteiger partial charge in [-0.1, -0.05) is 23.7 Å².